The number of aromatic nitrogens is 2. The van der Waals surface area contributed by atoms with Crippen LogP contribution in [0.2, 0.25) is 0 Å². The van der Waals surface area contributed by atoms with Gasteiger partial charge in [-0.05, 0) is 48.4 Å². The minimum absolute atomic E-state index is 0.0273. The number of aliphatic hydroxyl groups is 1. The fourth-order valence-electron chi connectivity index (χ4n) is 4.23. The molecule has 1 saturated heterocycles. The van der Waals surface area contributed by atoms with Gasteiger partial charge in [0.05, 0.1) is 35.5 Å². The number of anilines is 1. The number of hydrogen-bond acceptors (Lipinski definition) is 8. The van der Waals surface area contributed by atoms with E-state index in [1.54, 1.807) is 68.0 Å². The largest absolute Gasteiger partial charge is 0.507 e. The van der Waals surface area contributed by atoms with Crippen LogP contribution in [0, 0.1) is 0 Å². The molecule has 0 spiro atoms. The van der Waals surface area contributed by atoms with Gasteiger partial charge in [0.25, 0.3) is 5.78 Å². The molecule has 0 saturated carbocycles. The SMILES string of the molecule is CCCCOc1cccc(/C(O)=C2\C(=O)C(=O)N(c3nc4ccc(OC)cc4s3)C2c2cccnc2)c1. The maximum absolute atomic E-state index is 13.4. The first-order chi connectivity index (χ1) is 18.0. The lowest BCUT2D eigenvalue weighted by Crippen LogP contribution is -2.29. The molecular weight excluding hydrogens is 490 g/mol. The molecule has 2 aromatic heterocycles. The Hall–Kier alpha value is -4.24. The predicted molar refractivity (Wildman–Crippen MR) is 142 cm³/mol. The molecule has 1 fully saturated rings. The van der Waals surface area contributed by atoms with Crippen molar-refractivity contribution in [3.8, 4) is 11.5 Å². The van der Waals surface area contributed by atoms with E-state index in [0.717, 1.165) is 17.5 Å². The number of Topliss-reactive ketones (excluding diaryl/α,β-unsaturated/α-hetero) is 1. The summed E-state index contributed by atoms with van der Waals surface area (Å²) in [7, 11) is 1.58. The highest BCUT2D eigenvalue weighted by Gasteiger charge is 2.48. The summed E-state index contributed by atoms with van der Waals surface area (Å²) >= 11 is 1.27. The number of thiazole rings is 1. The number of methoxy groups -OCH3 is 1. The topological polar surface area (TPSA) is 102 Å². The zero-order valence-corrected chi connectivity index (χ0v) is 21.2. The molecule has 188 valence electrons. The van der Waals surface area contributed by atoms with Crippen molar-refractivity contribution in [2.24, 2.45) is 0 Å². The van der Waals surface area contributed by atoms with Crippen LogP contribution in [0.25, 0.3) is 16.0 Å². The number of ether oxygens (including phenoxy) is 2. The first-order valence-corrected chi connectivity index (χ1v) is 12.7. The molecule has 4 aromatic rings. The second-order valence-electron chi connectivity index (χ2n) is 8.52. The molecule has 1 unspecified atom stereocenters. The Morgan fingerprint density at radius 2 is 1.97 bits per heavy atom. The number of hydrogen-bond donors (Lipinski definition) is 1. The number of benzene rings is 2. The number of amides is 1. The molecule has 1 N–H and O–H groups in total. The summed E-state index contributed by atoms with van der Waals surface area (Å²) in [6.07, 6.45) is 5.08. The van der Waals surface area contributed by atoms with Crippen molar-refractivity contribution < 1.29 is 24.2 Å². The summed E-state index contributed by atoms with van der Waals surface area (Å²) in [4.78, 5) is 36.9. The van der Waals surface area contributed by atoms with E-state index in [4.69, 9.17) is 9.47 Å². The first-order valence-electron chi connectivity index (χ1n) is 11.9. The van der Waals surface area contributed by atoms with Crippen molar-refractivity contribution in [3.63, 3.8) is 0 Å². The number of carbonyl (C=O) groups excluding carboxylic acids is 2. The van der Waals surface area contributed by atoms with Gasteiger partial charge in [-0.2, -0.15) is 0 Å². The molecule has 0 radical (unpaired) electrons. The number of unbranched alkanes of at least 4 members (excludes halogenated alkanes) is 1. The average molecular weight is 516 g/mol. The molecule has 0 bridgehead atoms. The van der Waals surface area contributed by atoms with Crippen molar-refractivity contribution >= 4 is 44.1 Å². The van der Waals surface area contributed by atoms with Crippen molar-refractivity contribution in [3.05, 3.63) is 83.7 Å². The van der Waals surface area contributed by atoms with Crippen LogP contribution in [-0.2, 0) is 9.59 Å². The number of fused-ring (bicyclic) bond motifs is 1. The fourth-order valence-corrected chi connectivity index (χ4v) is 5.25. The van der Waals surface area contributed by atoms with Crippen LogP contribution >= 0.6 is 11.3 Å². The van der Waals surface area contributed by atoms with Crippen LogP contribution in [-0.4, -0.2) is 40.5 Å². The number of pyridine rings is 1. The van der Waals surface area contributed by atoms with Gasteiger partial charge in [0.1, 0.15) is 17.3 Å². The van der Waals surface area contributed by atoms with Crippen molar-refractivity contribution in [2.45, 2.75) is 25.8 Å². The number of rotatable bonds is 8. The third-order valence-electron chi connectivity index (χ3n) is 6.11. The van der Waals surface area contributed by atoms with Gasteiger partial charge < -0.3 is 14.6 Å². The molecule has 1 aliphatic rings. The number of nitrogens with zero attached hydrogens (tertiary/aromatic N) is 3. The zero-order chi connectivity index (χ0) is 25.9. The molecule has 1 aliphatic heterocycles. The van der Waals surface area contributed by atoms with Crippen molar-refractivity contribution in [1.29, 1.82) is 0 Å². The lowest BCUT2D eigenvalue weighted by molar-refractivity contribution is -0.132. The van der Waals surface area contributed by atoms with E-state index in [-0.39, 0.29) is 11.3 Å². The molecule has 9 heteroatoms. The second-order valence-corrected chi connectivity index (χ2v) is 9.52. The zero-order valence-electron chi connectivity index (χ0n) is 20.4. The van der Waals surface area contributed by atoms with E-state index in [1.165, 1.54) is 16.2 Å². The van der Waals surface area contributed by atoms with Gasteiger partial charge in [-0.25, -0.2) is 4.98 Å². The van der Waals surface area contributed by atoms with E-state index < -0.39 is 17.7 Å². The summed E-state index contributed by atoms with van der Waals surface area (Å²) in [5.74, 6) is -0.602. The lowest BCUT2D eigenvalue weighted by atomic mass is 9.96. The van der Waals surface area contributed by atoms with Crippen LogP contribution in [0.5, 0.6) is 11.5 Å². The Kier molecular flexibility index (Phi) is 6.87. The van der Waals surface area contributed by atoms with Gasteiger partial charge in [-0.3, -0.25) is 19.5 Å². The Balaban J connectivity index is 1.63. The van der Waals surface area contributed by atoms with E-state index >= 15 is 0 Å². The van der Waals surface area contributed by atoms with Gasteiger partial charge in [-0.1, -0.05) is 42.9 Å². The van der Waals surface area contributed by atoms with Gasteiger partial charge in [-0.15, -0.1) is 0 Å². The maximum Gasteiger partial charge on any atom is 0.301 e. The van der Waals surface area contributed by atoms with E-state index in [2.05, 4.69) is 16.9 Å². The monoisotopic (exact) mass is 515 g/mol. The third kappa shape index (κ3) is 4.65. The molecule has 5 rings (SSSR count). The molecule has 3 heterocycles. The molecule has 1 atom stereocenters. The van der Waals surface area contributed by atoms with Gasteiger partial charge in [0.2, 0.25) is 0 Å². The Labute approximate surface area is 217 Å². The van der Waals surface area contributed by atoms with Gasteiger partial charge in [0.15, 0.2) is 5.13 Å². The molecule has 2 aromatic carbocycles. The van der Waals surface area contributed by atoms with E-state index in [1.807, 2.05) is 6.07 Å². The molecule has 1 amide bonds. The van der Waals surface area contributed by atoms with Crippen LogP contribution < -0.4 is 14.4 Å². The summed E-state index contributed by atoms with van der Waals surface area (Å²) < 4.78 is 11.9. The second kappa shape index (κ2) is 10.4. The highest BCUT2D eigenvalue weighted by atomic mass is 32.1. The molecule has 8 nitrogen and oxygen atoms in total. The number of carbonyl (C=O) groups is 2. The minimum atomic E-state index is -0.902. The van der Waals surface area contributed by atoms with E-state index in [0.29, 0.717) is 39.9 Å². The Bertz CT molecular complexity index is 1500. The smallest absolute Gasteiger partial charge is 0.301 e. The molecule has 0 aliphatic carbocycles. The standard InChI is InChI=1S/C28H25N3O5S/c1-3-4-13-36-20-9-5-7-17(14-20)25(32)23-24(18-8-6-12-29-16-18)31(27(34)26(23)33)28-30-21-11-10-19(35-2)15-22(21)37-28/h5-12,14-16,24,32H,3-4,13H2,1-2H3/b25-23+. The summed E-state index contributed by atoms with van der Waals surface area (Å²) in [5, 5.41) is 11.7. The summed E-state index contributed by atoms with van der Waals surface area (Å²) in [6, 6.07) is 14.9. The van der Waals surface area contributed by atoms with Gasteiger partial charge in [0, 0.05) is 18.0 Å². The molecular formula is C28H25N3O5S. The number of ketones is 1. The average Bonchev–Trinajstić information content (AvgIpc) is 3.46. The highest BCUT2D eigenvalue weighted by Crippen LogP contribution is 2.44. The lowest BCUT2D eigenvalue weighted by Gasteiger charge is -2.22. The quantitative estimate of drug-likeness (QED) is 0.143. The van der Waals surface area contributed by atoms with E-state index in [9.17, 15) is 14.7 Å². The highest BCUT2D eigenvalue weighted by molar-refractivity contribution is 7.22. The summed E-state index contributed by atoms with van der Waals surface area (Å²) in [6.45, 7) is 2.62. The first kappa shape index (κ1) is 24.5. The summed E-state index contributed by atoms with van der Waals surface area (Å²) in [5.41, 5.74) is 1.61. The minimum Gasteiger partial charge on any atom is -0.507 e. The van der Waals surface area contributed by atoms with Crippen LogP contribution in [0.15, 0.2) is 72.6 Å². The Morgan fingerprint density at radius 1 is 1.11 bits per heavy atom. The number of aliphatic hydroxyl groups excluding tert-OH is 1. The van der Waals surface area contributed by atoms with Crippen LogP contribution in [0.3, 0.4) is 0 Å². The van der Waals surface area contributed by atoms with Crippen LogP contribution in [0.4, 0.5) is 5.13 Å². The van der Waals surface area contributed by atoms with Crippen LogP contribution in [0.1, 0.15) is 36.9 Å². The van der Waals surface area contributed by atoms with Crippen molar-refractivity contribution in [1.82, 2.24) is 9.97 Å². The molecule has 37 heavy (non-hydrogen) atoms. The third-order valence-corrected chi connectivity index (χ3v) is 7.13. The fraction of sp³-hybridized carbons (Fsp3) is 0.214. The Morgan fingerprint density at radius 3 is 2.73 bits per heavy atom. The predicted octanol–water partition coefficient (Wildman–Crippen LogP) is 5.51. The van der Waals surface area contributed by atoms with Gasteiger partial charge >= 0.3 is 5.91 Å². The maximum atomic E-state index is 13.4. The normalized spacial score (nSPS) is 16.9. The van der Waals surface area contributed by atoms with Crippen molar-refractivity contribution in [2.75, 3.05) is 18.6 Å².